The summed E-state index contributed by atoms with van der Waals surface area (Å²) in [5.74, 6) is 0.288. The van der Waals surface area contributed by atoms with Crippen LogP contribution in [0.2, 0.25) is 0 Å². The Morgan fingerprint density at radius 2 is 1.69 bits per heavy atom. The molecule has 3 aromatic rings. The van der Waals surface area contributed by atoms with Gasteiger partial charge in [-0.05, 0) is 42.5 Å². The molecule has 3 aromatic carbocycles. The van der Waals surface area contributed by atoms with Crippen LogP contribution in [0.4, 0.5) is 5.69 Å². The smallest absolute Gasteiger partial charge is 0.238 e. The van der Waals surface area contributed by atoms with Crippen molar-refractivity contribution in [3.63, 3.8) is 0 Å². The Bertz CT molecular complexity index is 1190. The van der Waals surface area contributed by atoms with Gasteiger partial charge >= 0.3 is 0 Å². The number of phenolic OH excluding ortho intramolecular Hbond substituents is 2. The molecule has 4 rings (SSSR count). The average molecular weight is 409 g/mol. The lowest BCUT2D eigenvalue weighted by Crippen LogP contribution is -2.19. The first kappa shape index (κ1) is 19.0. The van der Waals surface area contributed by atoms with E-state index in [1.54, 1.807) is 47.5 Å². The van der Waals surface area contributed by atoms with E-state index in [1.807, 2.05) is 18.2 Å². The van der Waals surface area contributed by atoms with Gasteiger partial charge in [-0.1, -0.05) is 30.3 Å². The van der Waals surface area contributed by atoms with Gasteiger partial charge < -0.3 is 10.2 Å². The van der Waals surface area contributed by atoms with Crippen LogP contribution in [0.5, 0.6) is 11.5 Å². The van der Waals surface area contributed by atoms with E-state index >= 15 is 0 Å². The first-order chi connectivity index (χ1) is 13.8. The molecule has 0 aromatic heterocycles. The summed E-state index contributed by atoms with van der Waals surface area (Å²) in [6.07, 6.45) is 0.498. The van der Waals surface area contributed by atoms with Gasteiger partial charge in [0, 0.05) is 17.5 Å². The normalized spacial score (nSPS) is 16.7. The van der Waals surface area contributed by atoms with Crippen LogP contribution in [0, 0.1) is 0 Å². The van der Waals surface area contributed by atoms with Gasteiger partial charge in [0.2, 0.25) is 10.0 Å². The number of hydrogen-bond acceptors (Lipinski definition) is 6. The third-order valence-corrected chi connectivity index (χ3v) is 5.74. The molecule has 0 spiro atoms. The fourth-order valence-electron chi connectivity index (χ4n) is 3.41. The van der Waals surface area contributed by atoms with E-state index in [2.05, 4.69) is 0 Å². The summed E-state index contributed by atoms with van der Waals surface area (Å²) in [5.41, 5.74) is 2.86. The minimum Gasteiger partial charge on any atom is -0.508 e. The summed E-state index contributed by atoms with van der Waals surface area (Å²) >= 11 is 0. The number of anilines is 1. The molecule has 1 heterocycles. The van der Waals surface area contributed by atoms with E-state index in [1.165, 1.54) is 12.1 Å². The van der Waals surface area contributed by atoms with Crippen molar-refractivity contribution in [2.75, 3.05) is 5.01 Å². The highest BCUT2D eigenvalue weighted by Crippen LogP contribution is 2.40. The van der Waals surface area contributed by atoms with Gasteiger partial charge in [0.25, 0.3) is 0 Å². The van der Waals surface area contributed by atoms with E-state index in [-0.39, 0.29) is 22.4 Å². The molecule has 0 fully saturated rings. The van der Waals surface area contributed by atoms with Crippen LogP contribution in [-0.2, 0) is 10.0 Å². The molecule has 29 heavy (non-hydrogen) atoms. The van der Waals surface area contributed by atoms with Crippen molar-refractivity contribution in [2.45, 2.75) is 17.4 Å². The SMILES string of the molecule is NS(=O)(=O)c1ccc(N2N=C(c3cccc(O)c3)C[C@H]2c2ccccc2O)cc1. The predicted octanol–water partition coefficient (Wildman–Crippen LogP) is 3.10. The summed E-state index contributed by atoms with van der Waals surface area (Å²) in [6, 6.07) is 19.6. The van der Waals surface area contributed by atoms with Gasteiger partial charge in [-0.3, -0.25) is 5.01 Å². The van der Waals surface area contributed by atoms with Crippen LogP contribution >= 0.6 is 0 Å². The largest absolute Gasteiger partial charge is 0.508 e. The van der Waals surface area contributed by atoms with E-state index < -0.39 is 10.0 Å². The first-order valence-corrected chi connectivity index (χ1v) is 10.4. The van der Waals surface area contributed by atoms with Crippen molar-refractivity contribution in [3.05, 3.63) is 83.9 Å². The van der Waals surface area contributed by atoms with Gasteiger partial charge in [0.15, 0.2) is 0 Å². The van der Waals surface area contributed by atoms with Crippen LogP contribution in [0.15, 0.2) is 82.8 Å². The molecular formula is C21H19N3O4S. The van der Waals surface area contributed by atoms with Crippen LogP contribution in [0.25, 0.3) is 0 Å². The maximum absolute atomic E-state index is 11.5. The van der Waals surface area contributed by atoms with Gasteiger partial charge in [0.05, 0.1) is 22.3 Å². The molecule has 1 aliphatic heterocycles. The Morgan fingerprint density at radius 3 is 2.34 bits per heavy atom. The number of primary sulfonamides is 1. The molecule has 8 heteroatoms. The molecule has 0 amide bonds. The number of phenols is 2. The highest BCUT2D eigenvalue weighted by molar-refractivity contribution is 7.89. The fraction of sp³-hybridized carbons (Fsp3) is 0.0952. The van der Waals surface area contributed by atoms with E-state index in [0.717, 1.165) is 11.3 Å². The molecule has 0 radical (unpaired) electrons. The molecule has 0 saturated heterocycles. The number of sulfonamides is 1. The highest BCUT2D eigenvalue weighted by Gasteiger charge is 2.31. The van der Waals surface area contributed by atoms with Crippen molar-refractivity contribution < 1.29 is 18.6 Å². The van der Waals surface area contributed by atoms with Crippen molar-refractivity contribution in [3.8, 4) is 11.5 Å². The minimum atomic E-state index is -3.80. The molecule has 0 aliphatic carbocycles. The number of benzene rings is 3. The molecule has 0 saturated carbocycles. The van der Waals surface area contributed by atoms with Gasteiger partial charge in [-0.15, -0.1) is 0 Å². The molecule has 1 aliphatic rings. The van der Waals surface area contributed by atoms with Crippen molar-refractivity contribution in [1.82, 2.24) is 0 Å². The molecule has 0 unspecified atom stereocenters. The van der Waals surface area contributed by atoms with Crippen LogP contribution < -0.4 is 10.1 Å². The topological polar surface area (TPSA) is 116 Å². The van der Waals surface area contributed by atoms with Crippen LogP contribution in [0.3, 0.4) is 0 Å². The Labute approximate surface area is 168 Å². The fourth-order valence-corrected chi connectivity index (χ4v) is 3.92. The predicted molar refractivity (Wildman–Crippen MR) is 110 cm³/mol. The Kier molecular flexibility index (Phi) is 4.73. The Hall–Kier alpha value is -3.36. The molecule has 148 valence electrons. The third kappa shape index (κ3) is 3.80. The molecular weight excluding hydrogens is 390 g/mol. The molecule has 1 atom stereocenters. The van der Waals surface area contributed by atoms with E-state index in [9.17, 15) is 18.6 Å². The summed E-state index contributed by atoms with van der Waals surface area (Å²) < 4.78 is 23.1. The van der Waals surface area contributed by atoms with Gasteiger partial charge in [-0.2, -0.15) is 5.10 Å². The highest BCUT2D eigenvalue weighted by atomic mass is 32.2. The minimum absolute atomic E-state index is 0.0109. The maximum atomic E-state index is 11.5. The second-order valence-electron chi connectivity index (χ2n) is 6.76. The third-order valence-electron chi connectivity index (χ3n) is 4.82. The molecule has 7 nitrogen and oxygen atoms in total. The Morgan fingerprint density at radius 1 is 0.966 bits per heavy atom. The van der Waals surface area contributed by atoms with Crippen molar-refractivity contribution >= 4 is 21.4 Å². The number of nitrogens with zero attached hydrogens (tertiary/aromatic N) is 2. The lowest BCUT2D eigenvalue weighted by Gasteiger charge is -2.24. The monoisotopic (exact) mass is 409 g/mol. The number of aromatic hydroxyl groups is 2. The van der Waals surface area contributed by atoms with Crippen LogP contribution in [0.1, 0.15) is 23.6 Å². The van der Waals surface area contributed by atoms with Crippen molar-refractivity contribution in [2.24, 2.45) is 10.2 Å². The number of rotatable bonds is 4. The summed E-state index contributed by atoms with van der Waals surface area (Å²) in [4.78, 5) is 0.0109. The standard InChI is InChI=1S/C21H19N3O4S/c22-29(27,28)17-10-8-15(9-11-17)24-20(18-6-1-2-7-21(18)26)13-19(23-24)14-4-3-5-16(25)12-14/h1-12,20,25-26H,13H2,(H2,22,27,28)/t20-/m0/s1. The lowest BCUT2D eigenvalue weighted by molar-refractivity contribution is 0.461. The average Bonchev–Trinajstić information content (AvgIpc) is 3.13. The van der Waals surface area contributed by atoms with Gasteiger partial charge in [0.1, 0.15) is 11.5 Å². The zero-order chi connectivity index (χ0) is 20.6. The van der Waals surface area contributed by atoms with E-state index in [0.29, 0.717) is 17.7 Å². The summed E-state index contributed by atoms with van der Waals surface area (Å²) in [5, 5.41) is 31.8. The second kappa shape index (κ2) is 7.23. The maximum Gasteiger partial charge on any atom is 0.238 e. The molecule has 0 bridgehead atoms. The summed E-state index contributed by atoms with van der Waals surface area (Å²) in [7, 11) is -3.80. The number of para-hydroxylation sites is 1. The van der Waals surface area contributed by atoms with Crippen molar-refractivity contribution in [1.29, 1.82) is 0 Å². The second-order valence-corrected chi connectivity index (χ2v) is 8.32. The first-order valence-electron chi connectivity index (χ1n) is 8.90. The number of nitrogens with two attached hydrogens (primary N) is 1. The lowest BCUT2D eigenvalue weighted by atomic mass is 9.97. The zero-order valence-corrected chi connectivity index (χ0v) is 16.1. The number of hydrogen-bond donors (Lipinski definition) is 3. The zero-order valence-electron chi connectivity index (χ0n) is 15.3. The molecule has 4 N–H and O–H groups in total. The van der Waals surface area contributed by atoms with Crippen LogP contribution in [-0.4, -0.2) is 24.3 Å². The summed E-state index contributed by atoms with van der Waals surface area (Å²) in [6.45, 7) is 0. The van der Waals surface area contributed by atoms with Gasteiger partial charge in [-0.25, -0.2) is 13.6 Å². The quantitative estimate of drug-likeness (QED) is 0.612. The number of hydrazone groups is 1. The van der Waals surface area contributed by atoms with E-state index in [4.69, 9.17) is 10.2 Å². The Balaban J connectivity index is 1.78.